The summed E-state index contributed by atoms with van der Waals surface area (Å²) in [6.07, 6.45) is 1.32. The van der Waals surface area contributed by atoms with Gasteiger partial charge in [0.05, 0.1) is 29.3 Å². The van der Waals surface area contributed by atoms with E-state index >= 15 is 0 Å². The van der Waals surface area contributed by atoms with Gasteiger partial charge in [-0.3, -0.25) is 9.59 Å². The van der Waals surface area contributed by atoms with E-state index < -0.39 is 29.3 Å². The molecule has 32 heavy (non-hydrogen) atoms. The maximum Gasteiger partial charge on any atom is 0.295 e. The Morgan fingerprint density at radius 1 is 1.28 bits per heavy atom. The third-order valence-corrected chi connectivity index (χ3v) is 6.00. The Morgan fingerprint density at radius 3 is 2.75 bits per heavy atom. The van der Waals surface area contributed by atoms with E-state index in [-0.39, 0.29) is 34.4 Å². The number of aliphatic hydroxyl groups is 1. The molecule has 2 fully saturated rings. The fourth-order valence-electron chi connectivity index (χ4n) is 4.18. The third kappa shape index (κ3) is 4.10. The normalized spacial score (nSPS) is 22.5. The standard InChI is InChI=1S/C24H23ClFNO5/c1-2-31-14-9-10-18(25)17(12-14)22(28)20-21(16-7-3-4-8-19(16)26)27(24(30)23(20)29)13-15-6-5-11-32-15/h3-4,7-10,12,15,21,28H,2,5-6,11,13H2,1H3/b22-20+. The highest BCUT2D eigenvalue weighted by atomic mass is 35.5. The number of Topliss-reactive ketones (excluding diaryl/α,β-unsaturated/α-hetero) is 1. The number of aliphatic hydroxyl groups excluding tert-OH is 1. The third-order valence-electron chi connectivity index (χ3n) is 5.67. The number of hydrogen-bond acceptors (Lipinski definition) is 5. The number of likely N-dealkylation sites (tertiary alicyclic amines) is 1. The van der Waals surface area contributed by atoms with E-state index in [4.69, 9.17) is 21.1 Å². The number of carbonyl (C=O) groups is 2. The van der Waals surface area contributed by atoms with Gasteiger partial charge in [-0.1, -0.05) is 29.8 Å². The lowest BCUT2D eigenvalue weighted by atomic mass is 9.94. The minimum absolute atomic E-state index is 0.114. The molecule has 2 atom stereocenters. The summed E-state index contributed by atoms with van der Waals surface area (Å²) < 4.78 is 25.9. The average Bonchev–Trinajstić information content (AvgIpc) is 3.38. The van der Waals surface area contributed by atoms with Crippen molar-refractivity contribution < 1.29 is 28.6 Å². The molecule has 0 radical (unpaired) electrons. The predicted octanol–water partition coefficient (Wildman–Crippen LogP) is 4.48. The van der Waals surface area contributed by atoms with Gasteiger partial charge in [-0.05, 0) is 44.0 Å². The van der Waals surface area contributed by atoms with Crippen molar-refractivity contribution in [3.63, 3.8) is 0 Å². The fraction of sp³-hybridized carbons (Fsp3) is 0.333. The lowest BCUT2D eigenvalue weighted by Crippen LogP contribution is -2.36. The number of nitrogens with zero attached hydrogens (tertiary/aromatic N) is 1. The van der Waals surface area contributed by atoms with Crippen LogP contribution in [0.5, 0.6) is 5.75 Å². The monoisotopic (exact) mass is 459 g/mol. The first kappa shape index (κ1) is 22.3. The van der Waals surface area contributed by atoms with Gasteiger partial charge in [-0.15, -0.1) is 0 Å². The van der Waals surface area contributed by atoms with Crippen LogP contribution < -0.4 is 4.74 Å². The molecule has 2 unspecified atom stereocenters. The van der Waals surface area contributed by atoms with Gasteiger partial charge in [-0.2, -0.15) is 0 Å². The molecule has 0 spiro atoms. The van der Waals surface area contributed by atoms with Crippen molar-refractivity contribution in [2.24, 2.45) is 0 Å². The van der Waals surface area contributed by atoms with Crippen molar-refractivity contribution >= 4 is 29.1 Å². The first-order valence-corrected chi connectivity index (χ1v) is 10.9. The summed E-state index contributed by atoms with van der Waals surface area (Å²) in [6, 6.07) is 9.44. The molecule has 2 aromatic carbocycles. The van der Waals surface area contributed by atoms with Gasteiger partial charge in [0.2, 0.25) is 0 Å². The van der Waals surface area contributed by atoms with Crippen LogP contribution in [0.25, 0.3) is 5.76 Å². The molecule has 8 heteroatoms. The van der Waals surface area contributed by atoms with Crippen LogP contribution in [0.4, 0.5) is 4.39 Å². The Kier molecular flexibility index (Phi) is 6.48. The largest absolute Gasteiger partial charge is 0.507 e. The van der Waals surface area contributed by atoms with E-state index in [0.717, 1.165) is 12.8 Å². The lowest BCUT2D eigenvalue weighted by molar-refractivity contribution is -0.140. The van der Waals surface area contributed by atoms with E-state index in [1.54, 1.807) is 12.1 Å². The number of ether oxygens (including phenoxy) is 2. The summed E-state index contributed by atoms with van der Waals surface area (Å²) in [5.41, 5.74) is 0.0334. The molecule has 2 aliphatic heterocycles. The van der Waals surface area contributed by atoms with Crippen LogP contribution in [0.15, 0.2) is 48.0 Å². The fourth-order valence-corrected chi connectivity index (χ4v) is 4.39. The average molecular weight is 460 g/mol. The Hall–Kier alpha value is -2.90. The molecule has 2 saturated heterocycles. The Labute approximate surface area is 190 Å². The van der Waals surface area contributed by atoms with Gasteiger partial charge < -0.3 is 19.5 Å². The number of benzene rings is 2. The molecule has 0 saturated carbocycles. The minimum Gasteiger partial charge on any atom is -0.507 e. The first-order chi connectivity index (χ1) is 15.4. The van der Waals surface area contributed by atoms with Crippen molar-refractivity contribution in [1.82, 2.24) is 4.90 Å². The summed E-state index contributed by atoms with van der Waals surface area (Å²) >= 11 is 6.30. The van der Waals surface area contributed by atoms with Crippen LogP contribution in [-0.4, -0.2) is 47.6 Å². The van der Waals surface area contributed by atoms with E-state index in [0.29, 0.717) is 19.0 Å². The second kappa shape index (κ2) is 9.30. The van der Waals surface area contributed by atoms with Crippen LogP contribution in [0.1, 0.15) is 36.9 Å². The topological polar surface area (TPSA) is 76.1 Å². The van der Waals surface area contributed by atoms with E-state index in [9.17, 15) is 19.1 Å². The maximum absolute atomic E-state index is 14.8. The summed E-state index contributed by atoms with van der Waals surface area (Å²) in [5, 5.41) is 11.3. The van der Waals surface area contributed by atoms with Crippen molar-refractivity contribution in [2.45, 2.75) is 31.9 Å². The maximum atomic E-state index is 14.8. The Bertz CT molecular complexity index is 1080. The van der Waals surface area contributed by atoms with Crippen LogP contribution in [0.3, 0.4) is 0 Å². The van der Waals surface area contributed by atoms with Gasteiger partial charge in [-0.25, -0.2) is 4.39 Å². The van der Waals surface area contributed by atoms with E-state index in [1.807, 2.05) is 6.92 Å². The molecule has 168 valence electrons. The quantitative estimate of drug-likeness (QED) is 0.391. The number of amides is 1. The van der Waals surface area contributed by atoms with Crippen molar-refractivity contribution in [3.8, 4) is 5.75 Å². The zero-order valence-corrected chi connectivity index (χ0v) is 18.3. The highest BCUT2D eigenvalue weighted by molar-refractivity contribution is 6.47. The van der Waals surface area contributed by atoms with Crippen LogP contribution in [0.2, 0.25) is 5.02 Å². The second-order valence-corrected chi connectivity index (χ2v) is 8.09. The van der Waals surface area contributed by atoms with E-state index in [2.05, 4.69) is 0 Å². The zero-order chi connectivity index (χ0) is 22.8. The molecule has 0 aromatic heterocycles. The van der Waals surface area contributed by atoms with Gasteiger partial charge in [0.25, 0.3) is 11.7 Å². The smallest absolute Gasteiger partial charge is 0.295 e. The van der Waals surface area contributed by atoms with Gasteiger partial charge >= 0.3 is 0 Å². The molecule has 6 nitrogen and oxygen atoms in total. The highest BCUT2D eigenvalue weighted by Crippen LogP contribution is 2.42. The number of halogens is 2. The summed E-state index contributed by atoms with van der Waals surface area (Å²) in [4.78, 5) is 27.3. The molecule has 0 bridgehead atoms. The second-order valence-electron chi connectivity index (χ2n) is 7.68. The highest BCUT2D eigenvalue weighted by Gasteiger charge is 2.48. The number of carbonyl (C=O) groups excluding carboxylic acids is 2. The lowest BCUT2D eigenvalue weighted by Gasteiger charge is -2.27. The SMILES string of the molecule is CCOc1ccc(Cl)c(/C(O)=C2\C(=O)C(=O)N(CC3CCCO3)C2c2ccccc2F)c1. The molecule has 1 amide bonds. The Morgan fingerprint density at radius 2 is 2.06 bits per heavy atom. The molecule has 0 aliphatic carbocycles. The molecule has 2 aliphatic rings. The van der Waals surface area contributed by atoms with Crippen molar-refractivity contribution in [2.75, 3.05) is 19.8 Å². The number of hydrogen-bond donors (Lipinski definition) is 1. The molecular weight excluding hydrogens is 437 g/mol. The molecule has 2 heterocycles. The molecule has 4 rings (SSSR count). The predicted molar refractivity (Wildman–Crippen MR) is 117 cm³/mol. The van der Waals surface area contributed by atoms with Gasteiger partial charge in [0, 0.05) is 24.3 Å². The summed E-state index contributed by atoms with van der Waals surface area (Å²) in [6.45, 7) is 2.89. The van der Waals surface area contributed by atoms with Gasteiger partial charge in [0.1, 0.15) is 17.3 Å². The number of ketones is 1. The molecule has 2 aromatic rings. The van der Waals surface area contributed by atoms with Crippen molar-refractivity contribution in [1.29, 1.82) is 0 Å². The minimum atomic E-state index is -1.10. The van der Waals surface area contributed by atoms with Crippen LogP contribution in [0, 0.1) is 5.82 Å². The van der Waals surface area contributed by atoms with Gasteiger partial charge in [0.15, 0.2) is 0 Å². The molecular formula is C24H23ClFNO5. The number of rotatable bonds is 6. The Balaban J connectivity index is 1.86. The summed E-state index contributed by atoms with van der Waals surface area (Å²) in [7, 11) is 0. The first-order valence-electron chi connectivity index (χ1n) is 10.5. The zero-order valence-electron chi connectivity index (χ0n) is 17.5. The van der Waals surface area contributed by atoms with Crippen LogP contribution >= 0.6 is 11.6 Å². The van der Waals surface area contributed by atoms with Crippen molar-refractivity contribution in [3.05, 3.63) is 70.0 Å². The molecule has 1 N–H and O–H groups in total. The summed E-state index contributed by atoms with van der Waals surface area (Å²) in [5.74, 6) is -2.33. The van der Waals surface area contributed by atoms with E-state index in [1.165, 1.54) is 35.2 Å². The van der Waals surface area contributed by atoms with Crippen LogP contribution in [-0.2, 0) is 14.3 Å².